The molecule has 1 amide bonds. The summed E-state index contributed by atoms with van der Waals surface area (Å²) in [6.45, 7) is 8.30. The van der Waals surface area contributed by atoms with Crippen molar-refractivity contribution in [3.63, 3.8) is 0 Å². The van der Waals surface area contributed by atoms with Crippen molar-refractivity contribution < 1.29 is 9.72 Å². The second-order valence-corrected chi connectivity index (χ2v) is 5.58. The summed E-state index contributed by atoms with van der Waals surface area (Å²) in [7, 11) is 0. The molecular formula is C14H22N4O3. The van der Waals surface area contributed by atoms with Crippen LogP contribution in [0.2, 0.25) is 0 Å². The number of nitrogens with zero attached hydrogens (tertiary/aromatic N) is 2. The maximum Gasteiger partial charge on any atom is 0.282 e. The third-order valence-corrected chi connectivity index (χ3v) is 3.04. The molecule has 3 N–H and O–H groups in total. The van der Waals surface area contributed by atoms with Crippen LogP contribution in [0.25, 0.3) is 0 Å². The van der Waals surface area contributed by atoms with Gasteiger partial charge in [0.15, 0.2) is 0 Å². The highest BCUT2D eigenvalue weighted by Crippen LogP contribution is 2.25. The molecule has 1 rings (SSSR count). The Labute approximate surface area is 124 Å². The predicted octanol–water partition coefficient (Wildman–Crippen LogP) is 2.39. The lowest BCUT2D eigenvalue weighted by Gasteiger charge is -2.28. The van der Waals surface area contributed by atoms with E-state index in [0.29, 0.717) is 12.2 Å². The Balaban J connectivity index is 3.27. The van der Waals surface area contributed by atoms with E-state index in [1.807, 2.05) is 27.7 Å². The standard InChI is InChI=1S/C14H22N4O3/c1-9(2)8-17(10(3)4)14(19)12-7-11(16-15)5-6-13(12)18(20)21/h5-7,9-10,16H,8,15H2,1-4H3. The number of nitro benzene ring substituents is 1. The van der Waals surface area contributed by atoms with Crippen molar-refractivity contribution in [1.29, 1.82) is 0 Å². The third kappa shape index (κ3) is 4.16. The van der Waals surface area contributed by atoms with Gasteiger partial charge in [0, 0.05) is 24.3 Å². The van der Waals surface area contributed by atoms with E-state index in [1.165, 1.54) is 18.2 Å². The number of carbonyl (C=O) groups is 1. The average Bonchev–Trinajstić information content (AvgIpc) is 2.42. The topological polar surface area (TPSA) is 102 Å². The van der Waals surface area contributed by atoms with E-state index < -0.39 is 4.92 Å². The number of carbonyl (C=O) groups excluding carboxylic acids is 1. The number of anilines is 1. The Morgan fingerprint density at radius 2 is 2.00 bits per heavy atom. The van der Waals surface area contributed by atoms with Crippen LogP contribution in [0.3, 0.4) is 0 Å². The van der Waals surface area contributed by atoms with E-state index in [4.69, 9.17) is 5.84 Å². The minimum atomic E-state index is -0.554. The van der Waals surface area contributed by atoms with Crippen LogP contribution in [0, 0.1) is 16.0 Å². The van der Waals surface area contributed by atoms with Crippen molar-refractivity contribution >= 4 is 17.3 Å². The Morgan fingerprint density at radius 1 is 1.38 bits per heavy atom. The molecule has 0 unspecified atom stereocenters. The minimum Gasteiger partial charge on any atom is -0.336 e. The van der Waals surface area contributed by atoms with E-state index in [1.54, 1.807) is 4.90 Å². The number of hydrazine groups is 1. The molecule has 1 aromatic carbocycles. The molecule has 7 nitrogen and oxygen atoms in total. The van der Waals surface area contributed by atoms with Gasteiger partial charge in [-0.3, -0.25) is 20.8 Å². The molecule has 0 atom stereocenters. The number of nitrogens with one attached hydrogen (secondary N) is 1. The lowest BCUT2D eigenvalue weighted by Crippen LogP contribution is -2.39. The number of nitro groups is 1. The summed E-state index contributed by atoms with van der Waals surface area (Å²) in [6.07, 6.45) is 0. The molecule has 0 aromatic heterocycles. The summed E-state index contributed by atoms with van der Waals surface area (Å²) in [5.41, 5.74) is 2.69. The molecule has 0 aliphatic carbocycles. The van der Waals surface area contributed by atoms with Crippen LogP contribution in [0.5, 0.6) is 0 Å². The van der Waals surface area contributed by atoms with Gasteiger partial charge in [-0.2, -0.15) is 0 Å². The van der Waals surface area contributed by atoms with Crippen molar-refractivity contribution in [3.05, 3.63) is 33.9 Å². The monoisotopic (exact) mass is 294 g/mol. The molecule has 116 valence electrons. The Hall–Kier alpha value is -2.15. The van der Waals surface area contributed by atoms with Crippen molar-refractivity contribution in [2.24, 2.45) is 11.8 Å². The highest BCUT2D eigenvalue weighted by Gasteiger charge is 2.27. The van der Waals surface area contributed by atoms with Gasteiger partial charge >= 0.3 is 0 Å². The second kappa shape index (κ2) is 7.03. The third-order valence-electron chi connectivity index (χ3n) is 3.04. The maximum absolute atomic E-state index is 12.7. The van der Waals surface area contributed by atoms with Crippen LogP contribution in [0.1, 0.15) is 38.1 Å². The molecule has 7 heteroatoms. The number of nitrogen functional groups attached to an aromatic ring is 1. The summed E-state index contributed by atoms with van der Waals surface area (Å²) in [4.78, 5) is 24.9. The predicted molar refractivity (Wildman–Crippen MR) is 81.9 cm³/mol. The summed E-state index contributed by atoms with van der Waals surface area (Å²) >= 11 is 0. The lowest BCUT2D eigenvalue weighted by molar-refractivity contribution is -0.385. The first-order chi connectivity index (χ1) is 9.77. The molecule has 0 aliphatic rings. The first-order valence-corrected chi connectivity index (χ1v) is 6.84. The smallest absolute Gasteiger partial charge is 0.282 e. The number of nitrogens with two attached hydrogens (primary N) is 1. The van der Waals surface area contributed by atoms with Gasteiger partial charge in [-0.1, -0.05) is 13.8 Å². The van der Waals surface area contributed by atoms with Gasteiger partial charge < -0.3 is 10.3 Å². The SMILES string of the molecule is CC(C)CN(C(=O)c1cc(NN)ccc1[N+](=O)[O-])C(C)C. The molecule has 0 spiro atoms. The fraction of sp³-hybridized carbons (Fsp3) is 0.500. The van der Waals surface area contributed by atoms with Crippen LogP contribution >= 0.6 is 0 Å². The van der Waals surface area contributed by atoms with Crippen LogP contribution in [0.4, 0.5) is 11.4 Å². The van der Waals surface area contributed by atoms with Gasteiger partial charge in [0.05, 0.1) is 4.92 Å². The quantitative estimate of drug-likeness (QED) is 0.476. The zero-order valence-corrected chi connectivity index (χ0v) is 12.8. The Kier molecular flexibility index (Phi) is 5.66. The Bertz CT molecular complexity index is 529. The molecule has 0 saturated heterocycles. The lowest BCUT2D eigenvalue weighted by atomic mass is 10.1. The van der Waals surface area contributed by atoms with Crippen molar-refractivity contribution in [2.75, 3.05) is 12.0 Å². The minimum absolute atomic E-state index is 0.0461. The van der Waals surface area contributed by atoms with Gasteiger partial charge in [0.25, 0.3) is 11.6 Å². The molecule has 1 aromatic rings. The zero-order chi connectivity index (χ0) is 16.2. The number of benzene rings is 1. The number of hydrogen-bond acceptors (Lipinski definition) is 5. The second-order valence-electron chi connectivity index (χ2n) is 5.58. The molecule has 0 saturated carbocycles. The summed E-state index contributed by atoms with van der Waals surface area (Å²) in [5.74, 6) is 5.23. The highest BCUT2D eigenvalue weighted by atomic mass is 16.6. The van der Waals surface area contributed by atoms with Crippen LogP contribution < -0.4 is 11.3 Å². The van der Waals surface area contributed by atoms with Crippen LogP contribution in [-0.2, 0) is 0 Å². The number of hydrogen-bond donors (Lipinski definition) is 2. The first kappa shape index (κ1) is 16.9. The molecule has 0 heterocycles. The van der Waals surface area contributed by atoms with Crippen LogP contribution in [-0.4, -0.2) is 28.3 Å². The molecule has 0 radical (unpaired) electrons. The molecule has 21 heavy (non-hydrogen) atoms. The highest BCUT2D eigenvalue weighted by molar-refractivity contribution is 5.99. The Morgan fingerprint density at radius 3 is 2.43 bits per heavy atom. The van der Waals surface area contributed by atoms with E-state index in [0.717, 1.165) is 0 Å². The number of rotatable bonds is 6. The normalized spacial score (nSPS) is 10.8. The van der Waals surface area contributed by atoms with E-state index >= 15 is 0 Å². The van der Waals surface area contributed by atoms with Crippen LogP contribution in [0.15, 0.2) is 18.2 Å². The molecule has 0 fully saturated rings. The van der Waals surface area contributed by atoms with E-state index in [9.17, 15) is 14.9 Å². The van der Waals surface area contributed by atoms with Gasteiger partial charge in [-0.25, -0.2) is 0 Å². The van der Waals surface area contributed by atoms with Gasteiger partial charge in [-0.15, -0.1) is 0 Å². The van der Waals surface area contributed by atoms with Gasteiger partial charge in [0.1, 0.15) is 5.56 Å². The van der Waals surface area contributed by atoms with E-state index in [2.05, 4.69) is 5.43 Å². The summed E-state index contributed by atoms with van der Waals surface area (Å²) in [5, 5.41) is 11.1. The molecule has 0 aliphatic heterocycles. The van der Waals surface area contributed by atoms with Gasteiger partial charge in [0.2, 0.25) is 0 Å². The largest absolute Gasteiger partial charge is 0.336 e. The van der Waals surface area contributed by atoms with E-state index in [-0.39, 0.29) is 29.1 Å². The first-order valence-electron chi connectivity index (χ1n) is 6.84. The average molecular weight is 294 g/mol. The zero-order valence-electron chi connectivity index (χ0n) is 12.8. The van der Waals surface area contributed by atoms with Gasteiger partial charge in [-0.05, 0) is 31.9 Å². The summed E-state index contributed by atoms with van der Waals surface area (Å²) < 4.78 is 0. The molecular weight excluding hydrogens is 272 g/mol. The van der Waals surface area contributed by atoms with Crippen molar-refractivity contribution in [1.82, 2.24) is 4.90 Å². The maximum atomic E-state index is 12.7. The number of amides is 1. The van der Waals surface area contributed by atoms with Crippen molar-refractivity contribution in [2.45, 2.75) is 33.7 Å². The fourth-order valence-corrected chi connectivity index (χ4v) is 2.03. The van der Waals surface area contributed by atoms with Crippen molar-refractivity contribution in [3.8, 4) is 0 Å². The summed E-state index contributed by atoms with van der Waals surface area (Å²) in [6, 6.07) is 4.12. The fourth-order valence-electron chi connectivity index (χ4n) is 2.03. The molecule has 0 bridgehead atoms.